The topological polar surface area (TPSA) is 49.8 Å². The quantitative estimate of drug-likeness (QED) is 0.719. The molecule has 1 aliphatic rings. The van der Waals surface area contributed by atoms with Crippen LogP contribution in [0.3, 0.4) is 0 Å². The molecule has 1 aliphatic heterocycles. The molecule has 4 nitrogen and oxygen atoms in total. The van der Waals surface area contributed by atoms with Gasteiger partial charge in [-0.1, -0.05) is 19.8 Å². The highest BCUT2D eigenvalue weighted by molar-refractivity contribution is 5.75. The van der Waals surface area contributed by atoms with Crippen LogP contribution in [0.1, 0.15) is 46.0 Å². The molecular formula is C13H25NO3. The maximum absolute atomic E-state index is 11.9. The van der Waals surface area contributed by atoms with E-state index in [0.717, 1.165) is 38.6 Å². The third-order valence-electron chi connectivity index (χ3n) is 3.40. The highest BCUT2D eigenvalue weighted by atomic mass is 16.5. The summed E-state index contributed by atoms with van der Waals surface area (Å²) in [4.78, 5) is 14.1. The number of carbonyl (C=O) groups excluding carboxylic acids is 1. The molecule has 17 heavy (non-hydrogen) atoms. The van der Waals surface area contributed by atoms with Crippen molar-refractivity contribution in [1.29, 1.82) is 0 Å². The molecule has 1 rings (SSSR count). The standard InChI is InChI=1S/C13H25NO3/c1-3-7-12(13(16)17-4-2)14-9-6-5-8-11(14)10-15/h11-12,15H,3-10H2,1-2H3. The Labute approximate surface area is 104 Å². The zero-order chi connectivity index (χ0) is 12.7. The van der Waals surface area contributed by atoms with E-state index in [1.807, 2.05) is 6.92 Å². The molecule has 0 aromatic heterocycles. The van der Waals surface area contributed by atoms with E-state index < -0.39 is 0 Å². The van der Waals surface area contributed by atoms with E-state index in [-0.39, 0.29) is 24.7 Å². The summed E-state index contributed by atoms with van der Waals surface area (Å²) < 4.78 is 5.14. The molecule has 1 saturated heterocycles. The van der Waals surface area contributed by atoms with Gasteiger partial charge in [0.15, 0.2) is 0 Å². The number of likely N-dealkylation sites (tertiary alicyclic amines) is 1. The molecule has 0 amide bonds. The van der Waals surface area contributed by atoms with Crippen LogP contribution in [0.15, 0.2) is 0 Å². The van der Waals surface area contributed by atoms with Crippen molar-refractivity contribution in [2.75, 3.05) is 19.8 Å². The van der Waals surface area contributed by atoms with Gasteiger partial charge in [-0.05, 0) is 32.7 Å². The van der Waals surface area contributed by atoms with Crippen molar-refractivity contribution in [3.05, 3.63) is 0 Å². The number of carbonyl (C=O) groups is 1. The Bertz CT molecular complexity index is 233. The molecule has 0 aliphatic carbocycles. The first-order valence-electron chi connectivity index (χ1n) is 6.77. The number of aliphatic hydroxyl groups excluding tert-OH is 1. The molecule has 4 heteroatoms. The summed E-state index contributed by atoms with van der Waals surface area (Å²) >= 11 is 0. The molecule has 0 saturated carbocycles. The average Bonchev–Trinajstić information content (AvgIpc) is 2.36. The van der Waals surface area contributed by atoms with Crippen molar-refractivity contribution in [2.45, 2.75) is 58.0 Å². The van der Waals surface area contributed by atoms with E-state index in [1.165, 1.54) is 0 Å². The zero-order valence-corrected chi connectivity index (χ0v) is 11.0. The monoisotopic (exact) mass is 243 g/mol. The predicted molar refractivity (Wildman–Crippen MR) is 66.8 cm³/mol. The molecule has 1 N–H and O–H groups in total. The Morgan fingerprint density at radius 3 is 2.82 bits per heavy atom. The van der Waals surface area contributed by atoms with E-state index in [4.69, 9.17) is 4.74 Å². The minimum atomic E-state index is -0.169. The fourth-order valence-corrected chi connectivity index (χ4v) is 2.56. The van der Waals surface area contributed by atoms with Crippen LogP contribution in [0.5, 0.6) is 0 Å². The van der Waals surface area contributed by atoms with Crippen LogP contribution in [0.4, 0.5) is 0 Å². The molecule has 100 valence electrons. The molecule has 0 spiro atoms. The van der Waals surface area contributed by atoms with Gasteiger partial charge in [0.25, 0.3) is 0 Å². The smallest absolute Gasteiger partial charge is 0.323 e. The number of hydrogen-bond donors (Lipinski definition) is 1. The van der Waals surface area contributed by atoms with Gasteiger partial charge >= 0.3 is 5.97 Å². The van der Waals surface area contributed by atoms with Gasteiger partial charge in [-0.15, -0.1) is 0 Å². The normalized spacial score (nSPS) is 23.4. The van der Waals surface area contributed by atoms with Crippen LogP contribution >= 0.6 is 0 Å². The second-order valence-electron chi connectivity index (χ2n) is 4.63. The van der Waals surface area contributed by atoms with Gasteiger partial charge in [0, 0.05) is 6.04 Å². The van der Waals surface area contributed by atoms with Crippen molar-refractivity contribution in [3.63, 3.8) is 0 Å². The van der Waals surface area contributed by atoms with Crippen molar-refractivity contribution >= 4 is 5.97 Å². The van der Waals surface area contributed by atoms with Gasteiger partial charge in [-0.25, -0.2) is 0 Å². The van der Waals surface area contributed by atoms with E-state index in [9.17, 15) is 9.90 Å². The summed E-state index contributed by atoms with van der Waals surface area (Å²) in [5, 5.41) is 9.40. The van der Waals surface area contributed by atoms with Crippen LogP contribution < -0.4 is 0 Å². The van der Waals surface area contributed by atoms with Crippen molar-refractivity contribution < 1.29 is 14.6 Å². The first kappa shape index (κ1) is 14.5. The lowest BCUT2D eigenvalue weighted by molar-refractivity contribution is -0.152. The van der Waals surface area contributed by atoms with E-state index in [1.54, 1.807) is 0 Å². The molecule has 2 atom stereocenters. The number of nitrogens with zero attached hydrogens (tertiary/aromatic N) is 1. The number of hydrogen-bond acceptors (Lipinski definition) is 4. The van der Waals surface area contributed by atoms with E-state index >= 15 is 0 Å². The van der Waals surface area contributed by atoms with Gasteiger partial charge in [-0.2, -0.15) is 0 Å². The number of esters is 1. The lowest BCUT2D eigenvalue weighted by Gasteiger charge is -2.39. The Morgan fingerprint density at radius 1 is 1.47 bits per heavy atom. The Hall–Kier alpha value is -0.610. The van der Waals surface area contributed by atoms with Crippen LogP contribution in [0, 0.1) is 0 Å². The van der Waals surface area contributed by atoms with E-state index in [2.05, 4.69) is 11.8 Å². The van der Waals surface area contributed by atoms with Crippen molar-refractivity contribution in [2.24, 2.45) is 0 Å². The van der Waals surface area contributed by atoms with Crippen LogP contribution in [-0.4, -0.2) is 47.8 Å². The van der Waals surface area contributed by atoms with Gasteiger partial charge in [0.2, 0.25) is 0 Å². The summed E-state index contributed by atoms with van der Waals surface area (Å²) in [7, 11) is 0. The highest BCUT2D eigenvalue weighted by Crippen LogP contribution is 2.22. The molecule has 2 unspecified atom stereocenters. The summed E-state index contributed by atoms with van der Waals surface area (Å²) in [6, 6.07) is -0.0397. The first-order chi connectivity index (χ1) is 8.24. The SMILES string of the molecule is CCCC(C(=O)OCC)N1CCCCC1CO. The number of aliphatic hydroxyl groups is 1. The second kappa shape index (κ2) is 7.67. The van der Waals surface area contributed by atoms with Crippen molar-refractivity contribution in [3.8, 4) is 0 Å². The van der Waals surface area contributed by atoms with Crippen LogP contribution in [0.2, 0.25) is 0 Å². The highest BCUT2D eigenvalue weighted by Gasteiger charge is 2.32. The lowest BCUT2D eigenvalue weighted by Crippen LogP contribution is -2.51. The van der Waals surface area contributed by atoms with E-state index in [0.29, 0.717) is 6.61 Å². The largest absolute Gasteiger partial charge is 0.465 e. The molecule has 0 aromatic carbocycles. The summed E-state index contributed by atoms with van der Waals surface area (Å²) in [5.41, 5.74) is 0. The summed E-state index contributed by atoms with van der Waals surface area (Å²) in [6.45, 7) is 5.37. The first-order valence-corrected chi connectivity index (χ1v) is 6.77. The number of piperidine rings is 1. The third-order valence-corrected chi connectivity index (χ3v) is 3.40. The van der Waals surface area contributed by atoms with Gasteiger partial charge in [-0.3, -0.25) is 9.69 Å². The van der Waals surface area contributed by atoms with Crippen LogP contribution in [-0.2, 0) is 9.53 Å². The maximum atomic E-state index is 11.9. The molecule has 0 radical (unpaired) electrons. The van der Waals surface area contributed by atoms with Crippen molar-refractivity contribution in [1.82, 2.24) is 4.90 Å². The zero-order valence-electron chi connectivity index (χ0n) is 11.0. The summed E-state index contributed by atoms with van der Waals surface area (Å²) in [6.07, 6.45) is 5.00. The number of rotatable bonds is 6. The Kier molecular flexibility index (Phi) is 6.52. The Balaban J connectivity index is 2.69. The van der Waals surface area contributed by atoms with Crippen LogP contribution in [0.25, 0.3) is 0 Å². The fraction of sp³-hybridized carbons (Fsp3) is 0.923. The minimum absolute atomic E-state index is 0.129. The van der Waals surface area contributed by atoms with Gasteiger partial charge in [0.1, 0.15) is 6.04 Å². The number of ether oxygens (including phenoxy) is 1. The molecular weight excluding hydrogens is 218 g/mol. The Morgan fingerprint density at radius 2 is 2.24 bits per heavy atom. The molecule has 1 heterocycles. The minimum Gasteiger partial charge on any atom is -0.465 e. The lowest BCUT2D eigenvalue weighted by atomic mass is 9.98. The molecule has 0 bridgehead atoms. The summed E-state index contributed by atoms with van der Waals surface area (Å²) in [5.74, 6) is -0.130. The fourth-order valence-electron chi connectivity index (χ4n) is 2.56. The van der Waals surface area contributed by atoms with Gasteiger partial charge < -0.3 is 9.84 Å². The maximum Gasteiger partial charge on any atom is 0.323 e. The predicted octanol–water partition coefficient (Wildman–Crippen LogP) is 1.56. The van der Waals surface area contributed by atoms with Gasteiger partial charge in [0.05, 0.1) is 13.2 Å². The molecule has 1 fully saturated rings. The molecule has 0 aromatic rings. The third kappa shape index (κ3) is 3.96. The second-order valence-corrected chi connectivity index (χ2v) is 4.63. The average molecular weight is 243 g/mol.